The van der Waals surface area contributed by atoms with Crippen molar-refractivity contribution in [2.75, 3.05) is 11.9 Å². The van der Waals surface area contributed by atoms with Gasteiger partial charge in [-0.05, 0) is 33.3 Å². The first-order chi connectivity index (χ1) is 11.2. The quantitative estimate of drug-likeness (QED) is 0.531. The highest BCUT2D eigenvalue weighted by molar-refractivity contribution is 7.18. The zero-order valence-corrected chi connectivity index (χ0v) is 16.8. The van der Waals surface area contributed by atoms with E-state index in [1.54, 1.807) is 20.8 Å². The third-order valence-corrected chi connectivity index (χ3v) is 4.05. The molecule has 1 heterocycles. The van der Waals surface area contributed by atoms with Crippen LogP contribution in [0.15, 0.2) is 0 Å². The molecular weight excluding hydrogens is 417 g/mol. The minimum atomic E-state index is -1.80. The molecule has 0 aliphatic heterocycles. The van der Waals surface area contributed by atoms with Crippen LogP contribution >= 0.6 is 46.1 Å². The van der Waals surface area contributed by atoms with Gasteiger partial charge in [-0.1, -0.05) is 34.8 Å². The van der Waals surface area contributed by atoms with Crippen LogP contribution < -0.4 is 5.32 Å². The number of carboxylic acid groups (broad SMARTS) is 1. The number of hydrogen-bond donors (Lipinski definition) is 2. The number of amides is 1. The zero-order chi connectivity index (χ0) is 19.6. The summed E-state index contributed by atoms with van der Waals surface area (Å²) in [6.07, 6.45) is -1.01. The Morgan fingerprint density at radius 2 is 1.76 bits per heavy atom. The molecule has 0 bridgehead atoms. The standard InChI is InChI=1S/C14H16Cl3NO6S/c1-6-7(11(21)24-13(2,3)4)9(25-8(6)10(19)20)18-12(22)23-5-14(15,16)17/h5H2,1-4H3,(H,18,22)(H,19,20). The number of carbonyl (C=O) groups excluding carboxylic acids is 2. The topological polar surface area (TPSA) is 102 Å². The average Bonchev–Trinajstić information content (AvgIpc) is 2.70. The lowest BCUT2D eigenvalue weighted by Gasteiger charge is -2.20. The van der Waals surface area contributed by atoms with Crippen molar-refractivity contribution in [1.82, 2.24) is 0 Å². The Morgan fingerprint density at radius 1 is 1.20 bits per heavy atom. The van der Waals surface area contributed by atoms with E-state index in [-0.39, 0.29) is 21.0 Å². The molecular formula is C14H16Cl3NO6S. The largest absolute Gasteiger partial charge is 0.477 e. The molecule has 0 aliphatic rings. The predicted molar refractivity (Wildman–Crippen MR) is 96.4 cm³/mol. The Labute approximate surface area is 163 Å². The smallest absolute Gasteiger partial charge is 0.412 e. The van der Waals surface area contributed by atoms with E-state index in [9.17, 15) is 19.5 Å². The highest BCUT2D eigenvalue weighted by atomic mass is 35.6. The van der Waals surface area contributed by atoms with Gasteiger partial charge < -0.3 is 14.6 Å². The second-order valence-corrected chi connectivity index (χ2v) is 9.42. The van der Waals surface area contributed by atoms with Crippen LogP contribution in [0.1, 0.15) is 46.4 Å². The Balaban J connectivity index is 3.13. The van der Waals surface area contributed by atoms with Crippen molar-refractivity contribution in [2.45, 2.75) is 37.1 Å². The second kappa shape index (κ2) is 7.99. The number of carboxylic acids is 1. The van der Waals surface area contributed by atoms with Crippen molar-refractivity contribution < 1.29 is 29.0 Å². The van der Waals surface area contributed by atoms with Crippen LogP contribution in [0, 0.1) is 6.92 Å². The third-order valence-electron chi connectivity index (χ3n) is 2.53. The number of halogens is 3. The first-order valence-electron chi connectivity index (χ1n) is 6.82. The van der Waals surface area contributed by atoms with Gasteiger partial charge in [0.15, 0.2) is 0 Å². The molecule has 0 unspecified atom stereocenters. The Hall–Kier alpha value is -1.22. The monoisotopic (exact) mass is 431 g/mol. The molecule has 0 spiro atoms. The van der Waals surface area contributed by atoms with Crippen molar-refractivity contribution in [3.05, 3.63) is 16.0 Å². The molecule has 0 saturated heterocycles. The maximum absolute atomic E-state index is 12.4. The Bertz CT molecular complexity index is 690. The van der Waals surface area contributed by atoms with Crippen molar-refractivity contribution in [2.24, 2.45) is 0 Å². The van der Waals surface area contributed by atoms with Gasteiger partial charge in [-0.25, -0.2) is 14.4 Å². The number of hydrogen-bond acceptors (Lipinski definition) is 6. The Kier molecular flexibility index (Phi) is 6.97. The van der Waals surface area contributed by atoms with Crippen molar-refractivity contribution in [3.63, 3.8) is 0 Å². The number of ether oxygens (including phenoxy) is 2. The summed E-state index contributed by atoms with van der Waals surface area (Å²) in [5.41, 5.74) is -0.700. The molecule has 11 heteroatoms. The van der Waals surface area contributed by atoms with Crippen molar-refractivity contribution in [1.29, 1.82) is 0 Å². The third kappa shape index (κ3) is 6.89. The van der Waals surface area contributed by atoms with Crippen LogP contribution in [0.4, 0.5) is 9.80 Å². The number of rotatable bonds is 4. The van der Waals surface area contributed by atoms with Crippen LogP contribution in [-0.2, 0) is 9.47 Å². The fourth-order valence-corrected chi connectivity index (χ4v) is 2.84. The highest BCUT2D eigenvalue weighted by Gasteiger charge is 2.30. The summed E-state index contributed by atoms with van der Waals surface area (Å²) in [7, 11) is 0. The fraction of sp³-hybridized carbons (Fsp3) is 0.500. The normalized spacial score (nSPS) is 11.8. The first-order valence-corrected chi connectivity index (χ1v) is 8.77. The highest BCUT2D eigenvalue weighted by Crippen LogP contribution is 2.35. The van der Waals surface area contributed by atoms with E-state index >= 15 is 0 Å². The second-order valence-electron chi connectivity index (χ2n) is 5.88. The molecule has 0 radical (unpaired) electrons. The molecule has 2 N–H and O–H groups in total. The molecule has 1 amide bonds. The van der Waals surface area contributed by atoms with Crippen molar-refractivity contribution >= 4 is 69.2 Å². The number of thiophene rings is 1. The molecule has 0 fully saturated rings. The molecule has 1 rings (SSSR count). The number of esters is 1. The molecule has 0 aliphatic carbocycles. The summed E-state index contributed by atoms with van der Waals surface area (Å²) in [5.74, 6) is -2.01. The predicted octanol–water partition coefficient (Wildman–Crippen LogP) is 4.63. The molecule has 7 nitrogen and oxygen atoms in total. The maximum atomic E-state index is 12.4. The molecule has 1 aromatic heterocycles. The van der Waals surface area contributed by atoms with E-state index in [1.807, 2.05) is 0 Å². The molecule has 140 valence electrons. The zero-order valence-electron chi connectivity index (χ0n) is 13.7. The van der Waals surface area contributed by atoms with Gasteiger partial charge in [0.2, 0.25) is 3.79 Å². The van der Waals surface area contributed by atoms with Crippen molar-refractivity contribution in [3.8, 4) is 0 Å². The number of carbonyl (C=O) groups is 3. The van der Waals surface area contributed by atoms with E-state index in [1.165, 1.54) is 6.92 Å². The molecule has 1 aromatic rings. The summed E-state index contributed by atoms with van der Waals surface area (Å²) >= 11 is 17.1. The van der Waals surface area contributed by atoms with Crippen LogP contribution in [-0.4, -0.2) is 39.1 Å². The van der Waals surface area contributed by atoms with Gasteiger partial charge in [-0.3, -0.25) is 5.32 Å². The lowest BCUT2D eigenvalue weighted by atomic mass is 10.1. The van der Waals surface area contributed by atoms with Crippen LogP contribution in [0.3, 0.4) is 0 Å². The summed E-state index contributed by atoms with van der Waals surface area (Å²) in [5, 5.41) is 11.5. The van der Waals surface area contributed by atoms with E-state index in [0.717, 1.165) is 0 Å². The van der Waals surface area contributed by atoms with E-state index in [0.29, 0.717) is 11.3 Å². The summed E-state index contributed by atoms with van der Waals surface area (Å²) in [6, 6.07) is 0. The lowest BCUT2D eigenvalue weighted by molar-refractivity contribution is 0.00705. The van der Waals surface area contributed by atoms with E-state index in [4.69, 9.17) is 44.3 Å². The molecule has 0 saturated carbocycles. The average molecular weight is 433 g/mol. The van der Waals surface area contributed by atoms with Crippen LogP contribution in [0.5, 0.6) is 0 Å². The van der Waals surface area contributed by atoms with Gasteiger partial charge in [-0.2, -0.15) is 0 Å². The first kappa shape index (κ1) is 21.8. The van der Waals surface area contributed by atoms with Gasteiger partial charge in [0.05, 0.1) is 5.56 Å². The number of anilines is 1. The number of alkyl halides is 3. The maximum Gasteiger partial charge on any atom is 0.412 e. The number of nitrogens with one attached hydrogen (secondary N) is 1. The fourth-order valence-electron chi connectivity index (χ4n) is 1.66. The molecule has 0 aromatic carbocycles. The molecule has 0 atom stereocenters. The Morgan fingerprint density at radius 3 is 2.20 bits per heavy atom. The van der Waals surface area contributed by atoms with Gasteiger partial charge in [0.1, 0.15) is 22.1 Å². The van der Waals surface area contributed by atoms with Crippen LogP contribution in [0.25, 0.3) is 0 Å². The van der Waals surface area contributed by atoms with Gasteiger partial charge in [-0.15, -0.1) is 11.3 Å². The minimum absolute atomic E-state index is 0.0292. The lowest BCUT2D eigenvalue weighted by Crippen LogP contribution is -2.25. The van der Waals surface area contributed by atoms with Crippen LogP contribution in [0.2, 0.25) is 0 Å². The van der Waals surface area contributed by atoms with Gasteiger partial charge in [0, 0.05) is 0 Å². The van der Waals surface area contributed by atoms with E-state index < -0.39 is 34.0 Å². The minimum Gasteiger partial charge on any atom is -0.477 e. The van der Waals surface area contributed by atoms with E-state index in [2.05, 4.69) is 5.32 Å². The SMILES string of the molecule is Cc1c(C(=O)O)sc(NC(=O)OCC(Cl)(Cl)Cl)c1C(=O)OC(C)(C)C. The summed E-state index contributed by atoms with van der Waals surface area (Å²) in [4.78, 5) is 35.4. The summed E-state index contributed by atoms with van der Waals surface area (Å²) in [6.45, 7) is 5.89. The van der Waals surface area contributed by atoms with Gasteiger partial charge in [0.25, 0.3) is 0 Å². The molecule has 25 heavy (non-hydrogen) atoms. The van der Waals surface area contributed by atoms with Gasteiger partial charge >= 0.3 is 18.0 Å². The summed E-state index contributed by atoms with van der Waals surface area (Å²) < 4.78 is 8.17. The number of aromatic carboxylic acids is 1.